The minimum atomic E-state index is -0.736. The van der Waals surface area contributed by atoms with Crippen molar-refractivity contribution < 1.29 is 19.1 Å². The maximum atomic E-state index is 11.7. The zero-order valence-electron chi connectivity index (χ0n) is 9.73. The van der Waals surface area contributed by atoms with Gasteiger partial charge in [-0.3, -0.25) is 4.90 Å². The largest absolute Gasteiger partial charge is 0.509 e. The number of urea groups is 1. The molecule has 1 atom stereocenters. The van der Waals surface area contributed by atoms with Crippen molar-refractivity contribution in [2.24, 2.45) is 5.41 Å². The maximum absolute atomic E-state index is 11.7. The fraction of sp³-hybridized carbons (Fsp3) is 0.800. The van der Waals surface area contributed by atoms with E-state index in [0.717, 1.165) is 12.8 Å². The molecule has 2 fully saturated rings. The highest BCUT2D eigenvalue weighted by molar-refractivity contribution is 5.76. The number of hydrogen-bond donors (Lipinski definition) is 0. The van der Waals surface area contributed by atoms with E-state index in [4.69, 9.17) is 4.74 Å². The highest BCUT2D eigenvalue weighted by Crippen LogP contribution is 2.53. The zero-order valence-corrected chi connectivity index (χ0v) is 9.73. The number of hydrogen-bond acceptors (Lipinski definition) is 4. The number of carbonyl (C=O) groups is 2. The number of nitrogens with zero attached hydrogens (tertiary/aromatic N) is 2. The third kappa shape index (κ3) is 1.58. The normalized spacial score (nSPS) is 26.9. The van der Waals surface area contributed by atoms with Crippen LogP contribution in [0.3, 0.4) is 0 Å². The zero-order chi connectivity index (χ0) is 11.9. The van der Waals surface area contributed by atoms with Crippen molar-refractivity contribution in [1.82, 2.24) is 9.80 Å². The highest BCUT2D eigenvalue weighted by Gasteiger charge is 2.58. The molecule has 1 saturated carbocycles. The van der Waals surface area contributed by atoms with E-state index in [0.29, 0.717) is 6.54 Å². The van der Waals surface area contributed by atoms with Gasteiger partial charge in [-0.2, -0.15) is 0 Å². The van der Waals surface area contributed by atoms with Gasteiger partial charge in [0.15, 0.2) is 6.23 Å². The number of rotatable bonds is 1. The SMILES string of the molecule is COC(=O)OC1N(C)C(=O)N(C)CC12CC2. The third-order valence-electron chi connectivity index (χ3n) is 3.32. The summed E-state index contributed by atoms with van der Waals surface area (Å²) in [6.45, 7) is 0.637. The molecule has 1 spiro atoms. The summed E-state index contributed by atoms with van der Waals surface area (Å²) in [5.74, 6) is 0. The van der Waals surface area contributed by atoms with Gasteiger partial charge in [0.05, 0.1) is 7.11 Å². The molecule has 0 bridgehead atoms. The Balaban J connectivity index is 2.14. The first kappa shape index (κ1) is 11.0. The summed E-state index contributed by atoms with van der Waals surface area (Å²) in [6.07, 6.45) is 0.705. The average molecular weight is 228 g/mol. The molecule has 90 valence electrons. The molecular weight excluding hydrogens is 212 g/mol. The van der Waals surface area contributed by atoms with E-state index >= 15 is 0 Å². The molecule has 1 saturated heterocycles. The molecule has 0 N–H and O–H groups in total. The fourth-order valence-electron chi connectivity index (χ4n) is 2.31. The van der Waals surface area contributed by atoms with Crippen molar-refractivity contribution >= 4 is 12.2 Å². The van der Waals surface area contributed by atoms with Crippen LogP contribution >= 0.6 is 0 Å². The van der Waals surface area contributed by atoms with Crippen molar-refractivity contribution in [2.45, 2.75) is 19.1 Å². The molecule has 1 aliphatic heterocycles. The second-order valence-corrected chi connectivity index (χ2v) is 4.54. The highest BCUT2D eigenvalue weighted by atomic mass is 16.7. The molecule has 1 aliphatic carbocycles. The molecule has 1 unspecified atom stereocenters. The Morgan fingerprint density at radius 1 is 1.44 bits per heavy atom. The topological polar surface area (TPSA) is 59.1 Å². The lowest BCUT2D eigenvalue weighted by molar-refractivity contribution is -0.0805. The summed E-state index contributed by atoms with van der Waals surface area (Å²) in [5, 5.41) is 0. The Bertz CT molecular complexity index is 327. The lowest BCUT2D eigenvalue weighted by Gasteiger charge is -2.42. The monoisotopic (exact) mass is 228 g/mol. The van der Waals surface area contributed by atoms with Crippen LogP contribution in [-0.4, -0.2) is 56.0 Å². The van der Waals surface area contributed by atoms with Gasteiger partial charge in [-0.1, -0.05) is 0 Å². The Morgan fingerprint density at radius 3 is 2.56 bits per heavy atom. The van der Waals surface area contributed by atoms with Crippen LogP contribution in [0.4, 0.5) is 9.59 Å². The molecule has 0 radical (unpaired) electrons. The van der Waals surface area contributed by atoms with Crippen molar-refractivity contribution in [3.8, 4) is 0 Å². The maximum Gasteiger partial charge on any atom is 0.509 e. The van der Waals surface area contributed by atoms with Gasteiger partial charge in [0, 0.05) is 26.1 Å². The van der Waals surface area contributed by atoms with Crippen molar-refractivity contribution in [3.05, 3.63) is 0 Å². The number of methoxy groups -OCH3 is 1. The standard InChI is InChI=1S/C10H16N2O4/c1-11-6-10(4-5-10)7(12(2)8(11)13)16-9(14)15-3/h7H,4-6H2,1-3H3. The minimum Gasteiger partial charge on any atom is -0.438 e. The van der Waals surface area contributed by atoms with Crippen molar-refractivity contribution in [3.63, 3.8) is 0 Å². The molecule has 2 rings (SSSR count). The van der Waals surface area contributed by atoms with Gasteiger partial charge in [0.1, 0.15) is 0 Å². The van der Waals surface area contributed by atoms with Crippen LogP contribution in [0.25, 0.3) is 0 Å². The van der Waals surface area contributed by atoms with Crippen LogP contribution in [0.15, 0.2) is 0 Å². The van der Waals surface area contributed by atoms with Gasteiger partial charge in [-0.25, -0.2) is 9.59 Å². The van der Waals surface area contributed by atoms with Gasteiger partial charge < -0.3 is 14.4 Å². The lowest BCUT2D eigenvalue weighted by Crippen LogP contribution is -2.58. The molecule has 2 aliphatic rings. The lowest BCUT2D eigenvalue weighted by atomic mass is 10.0. The second kappa shape index (κ2) is 3.54. The van der Waals surface area contributed by atoms with Crippen LogP contribution in [0, 0.1) is 5.41 Å². The van der Waals surface area contributed by atoms with Gasteiger partial charge in [-0.15, -0.1) is 0 Å². The summed E-state index contributed by atoms with van der Waals surface area (Å²) in [6, 6.07) is -0.133. The predicted molar refractivity (Wildman–Crippen MR) is 54.7 cm³/mol. The molecule has 16 heavy (non-hydrogen) atoms. The molecular formula is C10H16N2O4. The average Bonchev–Trinajstić information content (AvgIpc) is 3.02. The van der Waals surface area contributed by atoms with E-state index < -0.39 is 12.4 Å². The van der Waals surface area contributed by atoms with E-state index in [1.54, 1.807) is 19.0 Å². The van der Waals surface area contributed by atoms with E-state index in [-0.39, 0.29) is 11.4 Å². The van der Waals surface area contributed by atoms with Crippen LogP contribution in [-0.2, 0) is 9.47 Å². The van der Waals surface area contributed by atoms with E-state index in [1.165, 1.54) is 12.0 Å². The first-order chi connectivity index (χ1) is 7.50. The molecule has 6 nitrogen and oxygen atoms in total. The first-order valence-corrected chi connectivity index (χ1v) is 5.23. The quantitative estimate of drug-likeness (QED) is 0.625. The molecule has 0 aromatic rings. The predicted octanol–water partition coefficient (Wildman–Crippen LogP) is 0.873. The van der Waals surface area contributed by atoms with Crippen LogP contribution in [0.5, 0.6) is 0 Å². The summed E-state index contributed by atoms with van der Waals surface area (Å²) in [5.41, 5.74) is -0.0917. The number of amides is 2. The number of carbonyl (C=O) groups excluding carboxylic acids is 2. The third-order valence-corrected chi connectivity index (χ3v) is 3.32. The van der Waals surface area contributed by atoms with E-state index in [9.17, 15) is 9.59 Å². The molecule has 2 amide bonds. The van der Waals surface area contributed by atoms with Gasteiger partial charge in [0.2, 0.25) is 0 Å². The van der Waals surface area contributed by atoms with Crippen LogP contribution in [0.2, 0.25) is 0 Å². The van der Waals surface area contributed by atoms with Crippen LogP contribution < -0.4 is 0 Å². The van der Waals surface area contributed by atoms with Gasteiger partial charge in [-0.05, 0) is 12.8 Å². The fourth-order valence-corrected chi connectivity index (χ4v) is 2.31. The smallest absolute Gasteiger partial charge is 0.438 e. The Hall–Kier alpha value is -1.46. The van der Waals surface area contributed by atoms with Crippen LogP contribution in [0.1, 0.15) is 12.8 Å². The van der Waals surface area contributed by atoms with E-state index in [2.05, 4.69) is 4.74 Å². The Kier molecular flexibility index (Phi) is 2.44. The molecule has 6 heteroatoms. The first-order valence-electron chi connectivity index (χ1n) is 5.23. The van der Waals surface area contributed by atoms with E-state index in [1.807, 2.05) is 0 Å². The van der Waals surface area contributed by atoms with Crippen molar-refractivity contribution in [1.29, 1.82) is 0 Å². The second-order valence-electron chi connectivity index (χ2n) is 4.54. The molecule has 1 heterocycles. The number of ether oxygens (including phenoxy) is 2. The molecule has 0 aromatic heterocycles. The van der Waals surface area contributed by atoms with Gasteiger partial charge in [0.25, 0.3) is 0 Å². The summed E-state index contributed by atoms with van der Waals surface area (Å²) < 4.78 is 9.64. The minimum absolute atomic E-state index is 0.0917. The Labute approximate surface area is 94.1 Å². The summed E-state index contributed by atoms with van der Waals surface area (Å²) in [7, 11) is 4.66. The van der Waals surface area contributed by atoms with Gasteiger partial charge >= 0.3 is 12.2 Å². The summed E-state index contributed by atoms with van der Waals surface area (Å²) in [4.78, 5) is 26.0. The summed E-state index contributed by atoms with van der Waals surface area (Å²) >= 11 is 0. The van der Waals surface area contributed by atoms with Crippen molar-refractivity contribution in [2.75, 3.05) is 27.7 Å². The molecule has 0 aromatic carbocycles. The Morgan fingerprint density at radius 2 is 2.06 bits per heavy atom.